The van der Waals surface area contributed by atoms with Gasteiger partial charge in [-0.15, -0.1) is 11.3 Å². The van der Waals surface area contributed by atoms with Gasteiger partial charge in [0.1, 0.15) is 6.33 Å². The summed E-state index contributed by atoms with van der Waals surface area (Å²) in [5.74, 6) is -0.0574. The van der Waals surface area contributed by atoms with Crippen LogP contribution in [0.4, 0.5) is 0 Å². The molecule has 0 aromatic carbocycles. The van der Waals surface area contributed by atoms with Crippen molar-refractivity contribution in [1.29, 1.82) is 0 Å². The molecule has 1 atom stereocenters. The molecule has 0 radical (unpaired) electrons. The van der Waals surface area contributed by atoms with Crippen molar-refractivity contribution >= 4 is 28.8 Å². The van der Waals surface area contributed by atoms with Gasteiger partial charge in [-0.25, -0.2) is 9.97 Å². The summed E-state index contributed by atoms with van der Waals surface area (Å²) in [6.45, 7) is 1.93. The minimum Gasteiger partial charge on any atom is -0.333 e. The standard InChI is InChI=1S/C12H12ClN3OS/c1-8(9-5-6-14-7-15-9)16(2)12(17)10-3-4-11(13)18-10/h3-8H,1-2H3. The van der Waals surface area contributed by atoms with Crippen LogP contribution < -0.4 is 0 Å². The Kier molecular flexibility index (Phi) is 3.93. The predicted octanol–water partition coefficient (Wildman–Crippen LogP) is 3.02. The van der Waals surface area contributed by atoms with Crippen LogP contribution >= 0.6 is 22.9 Å². The summed E-state index contributed by atoms with van der Waals surface area (Å²) < 4.78 is 0.612. The van der Waals surface area contributed by atoms with E-state index in [1.165, 1.54) is 17.7 Å². The first-order chi connectivity index (χ1) is 8.59. The fourth-order valence-corrected chi connectivity index (χ4v) is 2.55. The summed E-state index contributed by atoms with van der Waals surface area (Å²) in [7, 11) is 1.75. The number of carbonyl (C=O) groups is 1. The summed E-state index contributed by atoms with van der Waals surface area (Å²) >= 11 is 7.11. The van der Waals surface area contributed by atoms with E-state index < -0.39 is 0 Å². The third kappa shape index (κ3) is 2.68. The van der Waals surface area contributed by atoms with Crippen molar-refractivity contribution in [3.05, 3.63) is 45.6 Å². The molecule has 0 fully saturated rings. The molecule has 0 spiro atoms. The molecule has 2 aromatic heterocycles. The monoisotopic (exact) mass is 281 g/mol. The van der Waals surface area contributed by atoms with E-state index in [0.29, 0.717) is 9.21 Å². The van der Waals surface area contributed by atoms with Gasteiger partial charge in [-0.1, -0.05) is 11.6 Å². The molecule has 94 valence electrons. The van der Waals surface area contributed by atoms with Gasteiger partial charge >= 0.3 is 0 Å². The molecule has 4 nitrogen and oxygen atoms in total. The second-order valence-electron chi connectivity index (χ2n) is 3.83. The first-order valence-electron chi connectivity index (χ1n) is 5.38. The van der Waals surface area contributed by atoms with E-state index in [2.05, 4.69) is 9.97 Å². The highest BCUT2D eigenvalue weighted by molar-refractivity contribution is 7.17. The number of nitrogens with zero attached hydrogens (tertiary/aromatic N) is 3. The fraction of sp³-hybridized carbons (Fsp3) is 0.250. The van der Waals surface area contributed by atoms with Gasteiger partial charge in [-0.05, 0) is 25.1 Å². The Hall–Kier alpha value is -1.46. The van der Waals surface area contributed by atoms with Crippen LogP contribution in [0.3, 0.4) is 0 Å². The Morgan fingerprint density at radius 2 is 2.22 bits per heavy atom. The molecular formula is C12H12ClN3OS. The number of hydrogen-bond acceptors (Lipinski definition) is 4. The van der Waals surface area contributed by atoms with E-state index in [0.717, 1.165) is 5.69 Å². The normalized spacial score (nSPS) is 12.2. The lowest BCUT2D eigenvalue weighted by atomic mass is 10.2. The molecule has 2 heterocycles. The van der Waals surface area contributed by atoms with Crippen molar-refractivity contribution in [2.24, 2.45) is 0 Å². The highest BCUT2D eigenvalue weighted by Crippen LogP contribution is 2.25. The van der Waals surface area contributed by atoms with Crippen LogP contribution in [-0.4, -0.2) is 27.8 Å². The van der Waals surface area contributed by atoms with Gasteiger partial charge in [0.15, 0.2) is 0 Å². The average molecular weight is 282 g/mol. The highest BCUT2D eigenvalue weighted by atomic mass is 35.5. The van der Waals surface area contributed by atoms with Gasteiger partial charge in [0.2, 0.25) is 0 Å². The van der Waals surface area contributed by atoms with Gasteiger partial charge in [0, 0.05) is 13.2 Å². The van der Waals surface area contributed by atoms with Gasteiger partial charge in [-0.2, -0.15) is 0 Å². The molecule has 1 amide bonds. The Morgan fingerprint density at radius 1 is 1.44 bits per heavy atom. The van der Waals surface area contributed by atoms with E-state index in [9.17, 15) is 4.79 Å². The molecule has 0 saturated carbocycles. The molecule has 0 aliphatic carbocycles. The summed E-state index contributed by atoms with van der Waals surface area (Å²) in [4.78, 5) is 22.5. The molecule has 1 unspecified atom stereocenters. The number of halogens is 1. The molecule has 18 heavy (non-hydrogen) atoms. The first kappa shape index (κ1) is 13.0. The molecule has 0 N–H and O–H groups in total. The number of aromatic nitrogens is 2. The van der Waals surface area contributed by atoms with Crippen molar-refractivity contribution in [3.8, 4) is 0 Å². The van der Waals surface area contributed by atoms with Crippen LogP contribution in [0.1, 0.15) is 28.3 Å². The quantitative estimate of drug-likeness (QED) is 0.869. The zero-order valence-corrected chi connectivity index (χ0v) is 11.6. The zero-order valence-electron chi connectivity index (χ0n) is 10.0. The maximum Gasteiger partial charge on any atom is 0.264 e. The Labute approximate surface area is 114 Å². The minimum atomic E-state index is -0.110. The van der Waals surface area contributed by atoms with Crippen LogP contribution in [-0.2, 0) is 0 Å². The molecule has 0 aliphatic rings. The third-order valence-electron chi connectivity index (χ3n) is 2.72. The van der Waals surface area contributed by atoms with Crippen LogP contribution in [0.25, 0.3) is 0 Å². The van der Waals surface area contributed by atoms with E-state index in [4.69, 9.17) is 11.6 Å². The van der Waals surface area contributed by atoms with Crippen LogP contribution in [0.5, 0.6) is 0 Å². The number of carbonyl (C=O) groups excluding carboxylic acids is 1. The molecule has 2 aromatic rings. The topological polar surface area (TPSA) is 46.1 Å². The lowest BCUT2D eigenvalue weighted by Crippen LogP contribution is -2.29. The van der Waals surface area contributed by atoms with Gasteiger partial charge in [0.25, 0.3) is 5.91 Å². The predicted molar refractivity (Wildman–Crippen MR) is 71.9 cm³/mol. The summed E-state index contributed by atoms with van der Waals surface area (Å²) in [5, 5.41) is 0. The molecule has 0 bridgehead atoms. The van der Waals surface area contributed by atoms with Crippen molar-refractivity contribution < 1.29 is 4.79 Å². The molecular weight excluding hydrogens is 270 g/mol. The Morgan fingerprint density at radius 3 is 2.78 bits per heavy atom. The van der Waals surface area contributed by atoms with Gasteiger partial charge in [0.05, 0.1) is 20.9 Å². The van der Waals surface area contributed by atoms with Crippen LogP contribution in [0.2, 0.25) is 4.34 Å². The van der Waals surface area contributed by atoms with Crippen molar-refractivity contribution in [2.45, 2.75) is 13.0 Å². The Bertz CT molecular complexity index is 543. The van der Waals surface area contributed by atoms with Gasteiger partial charge in [-0.3, -0.25) is 4.79 Å². The lowest BCUT2D eigenvalue weighted by molar-refractivity contribution is 0.0744. The molecule has 0 aliphatic heterocycles. The fourth-order valence-electron chi connectivity index (χ4n) is 1.53. The SMILES string of the molecule is CC(c1ccncn1)N(C)C(=O)c1ccc(Cl)s1. The minimum absolute atomic E-state index is 0.0574. The smallest absolute Gasteiger partial charge is 0.264 e. The van der Waals surface area contributed by atoms with Crippen LogP contribution in [0.15, 0.2) is 30.7 Å². The zero-order chi connectivity index (χ0) is 13.1. The van der Waals surface area contributed by atoms with Gasteiger partial charge < -0.3 is 4.90 Å². The molecule has 2 rings (SSSR count). The number of thiophene rings is 1. The highest BCUT2D eigenvalue weighted by Gasteiger charge is 2.20. The second kappa shape index (κ2) is 5.46. The maximum atomic E-state index is 12.2. The van der Waals surface area contributed by atoms with E-state index in [-0.39, 0.29) is 11.9 Å². The summed E-state index contributed by atoms with van der Waals surface area (Å²) in [6.07, 6.45) is 3.14. The van der Waals surface area contributed by atoms with Crippen molar-refractivity contribution in [3.63, 3.8) is 0 Å². The van der Waals surface area contributed by atoms with E-state index >= 15 is 0 Å². The number of rotatable bonds is 3. The molecule has 0 saturated heterocycles. The second-order valence-corrected chi connectivity index (χ2v) is 5.55. The number of hydrogen-bond donors (Lipinski definition) is 0. The largest absolute Gasteiger partial charge is 0.333 e. The molecule has 6 heteroatoms. The lowest BCUT2D eigenvalue weighted by Gasteiger charge is -2.23. The third-order valence-corrected chi connectivity index (χ3v) is 3.94. The van der Waals surface area contributed by atoms with Crippen molar-refractivity contribution in [2.75, 3.05) is 7.05 Å². The van der Waals surface area contributed by atoms with Crippen LogP contribution in [0, 0.1) is 0 Å². The van der Waals surface area contributed by atoms with E-state index in [1.807, 2.05) is 6.92 Å². The Balaban J connectivity index is 2.16. The summed E-state index contributed by atoms with van der Waals surface area (Å²) in [6, 6.07) is 5.15. The number of amides is 1. The maximum absolute atomic E-state index is 12.2. The first-order valence-corrected chi connectivity index (χ1v) is 6.57. The average Bonchev–Trinajstić information content (AvgIpc) is 2.84. The van der Waals surface area contributed by atoms with Crippen molar-refractivity contribution in [1.82, 2.24) is 14.9 Å². The summed E-state index contributed by atoms with van der Waals surface area (Å²) in [5.41, 5.74) is 0.809. The van der Waals surface area contributed by atoms with E-state index in [1.54, 1.807) is 36.3 Å².